The largest absolute Gasteiger partial charge is 0.507 e. The summed E-state index contributed by atoms with van der Waals surface area (Å²) in [5, 5.41) is 11.3. The first-order valence-corrected chi connectivity index (χ1v) is 10.8. The first-order valence-electron chi connectivity index (χ1n) is 10.8. The molecule has 2 aromatic rings. The SMILES string of the molecule is C=CCOc1cccc(C2/C(=C(\O)c3cc(OC)ccc3OC)C(=O)C(=O)N2CCCC)c1. The summed E-state index contributed by atoms with van der Waals surface area (Å²) in [7, 11) is 2.97. The Morgan fingerprint density at radius 3 is 2.58 bits per heavy atom. The van der Waals surface area contributed by atoms with Gasteiger partial charge in [0, 0.05) is 6.54 Å². The minimum absolute atomic E-state index is 0.00327. The molecular weight excluding hydrogens is 422 g/mol. The second-order valence-electron chi connectivity index (χ2n) is 7.58. The van der Waals surface area contributed by atoms with Crippen molar-refractivity contribution in [2.45, 2.75) is 25.8 Å². The predicted octanol–water partition coefficient (Wildman–Crippen LogP) is 4.49. The van der Waals surface area contributed by atoms with E-state index in [-0.39, 0.29) is 16.9 Å². The molecule has 1 saturated heterocycles. The number of amides is 1. The summed E-state index contributed by atoms with van der Waals surface area (Å²) >= 11 is 0. The fourth-order valence-corrected chi connectivity index (χ4v) is 3.86. The lowest BCUT2D eigenvalue weighted by Gasteiger charge is -2.25. The molecule has 174 valence electrons. The van der Waals surface area contributed by atoms with Crippen molar-refractivity contribution in [2.24, 2.45) is 0 Å². The van der Waals surface area contributed by atoms with Gasteiger partial charge in [0.25, 0.3) is 11.7 Å². The van der Waals surface area contributed by atoms with E-state index in [1.165, 1.54) is 19.1 Å². The Labute approximate surface area is 193 Å². The lowest BCUT2D eigenvalue weighted by atomic mass is 9.94. The average Bonchev–Trinajstić information content (AvgIpc) is 3.10. The third-order valence-electron chi connectivity index (χ3n) is 5.50. The van der Waals surface area contributed by atoms with Gasteiger partial charge < -0.3 is 24.2 Å². The highest BCUT2D eigenvalue weighted by Gasteiger charge is 2.46. The molecule has 1 amide bonds. The number of unbranched alkanes of at least 4 members (excludes halogenated alkanes) is 1. The molecule has 2 aromatic carbocycles. The third-order valence-corrected chi connectivity index (χ3v) is 5.50. The van der Waals surface area contributed by atoms with Crippen LogP contribution in [-0.2, 0) is 9.59 Å². The van der Waals surface area contributed by atoms with Crippen LogP contribution in [-0.4, -0.2) is 49.1 Å². The van der Waals surface area contributed by atoms with E-state index >= 15 is 0 Å². The van der Waals surface area contributed by atoms with Crippen LogP contribution in [0, 0.1) is 0 Å². The Morgan fingerprint density at radius 1 is 1.12 bits per heavy atom. The molecule has 0 spiro atoms. The standard InChI is InChI=1S/C26H29NO6/c1-5-7-13-27-23(17-9-8-10-19(15-17)33-14-6-2)22(25(29)26(27)30)24(28)20-16-18(31-3)11-12-21(20)32-4/h6,8-12,15-16,23,28H,2,5,7,13-14H2,1,3-4H3/b24-22+. The van der Waals surface area contributed by atoms with E-state index in [1.54, 1.807) is 42.5 Å². The molecule has 1 heterocycles. The zero-order valence-corrected chi connectivity index (χ0v) is 19.2. The van der Waals surface area contributed by atoms with Crippen LogP contribution in [0.2, 0.25) is 0 Å². The fourth-order valence-electron chi connectivity index (χ4n) is 3.86. The highest BCUT2D eigenvalue weighted by atomic mass is 16.5. The van der Waals surface area contributed by atoms with Gasteiger partial charge in [-0.25, -0.2) is 0 Å². The zero-order chi connectivity index (χ0) is 24.0. The maximum atomic E-state index is 13.2. The third kappa shape index (κ3) is 4.87. The van der Waals surface area contributed by atoms with Crippen LogP contribution >= 0.6 is 0 Å². The Kier molecular flexibility index (Phi) is 7.77. The molecule has 0 aliphatic carbocycles. The first-order chi connectivity index (χ1) is 16.0. The molecule has 33 heavy (non-hydrogen) atoms. The van der Waals surface area contributed by atoms with Crippen molar-refractivity contribution in [2.75, 3.05) is 27.4 Å². The molecule has 1 N–H and O–H groups in total. The fraction of sp³-hybridized carbons (Fsp3) is 0.308. The molecular formula is C26H29NO6. The summed E-state index contributed by atoms with van der Waals surface area (Å²) in [6.45, 7) is 6.37. The Morgan fingerprint density at radius 2 is 1.91 bits per heavy atom. The number of hydrogen-bond acceptors (Lipinski definition) is 6. The van der Waals surface area contributed by atoms with Gasteiger partial charge in [0.2, 0.25) is 0 Å². The second-order valence-corrected chi connectivity index (χ2v) is 7.58. The molecule has 7 heteroatoms. The highest BCUT2D eigenvalue weighted by molar-refractivity contribution is 6.46. The number of likely N-dealkylation sites (tertiary alicyclic amines) is 1. The van der Waals surface area contributed by atoms with E-state index in [0.717, 1.165) is 12.8 Å². The topological polar surface area (TPSA) is 85.3 Å². The minimum atomic E-state index is -0.764. The van der Waals surface area contributed by atoms with Crippen LogP contribution in [0.4, 0.5) is 0 Å². The molecule has 7 nitrogen and oxygen atoms in total. The van der Waals surface area contributed by atoms with Gasteiger partial charge in [-0.1, -0.05) is 38.1 Å². The molecule has 0 saturated carbocycles. The molecule has 3 rings (SSSR count). The van der Waals surface area contributed by atoms with Crippen LogP contribution in [0.25, 0.3) is 5.76 Å². The monoisotopic (exact) mass is 451 g/mol. The number of aliphatic hydroxyl groups is 1. The van der Waals surface area contributed by atoms with E-state index in [0.29, 0.717) is 36.0 Å². The number of benzene rings is 2. The summed E-state index contributed by atoms with van der Waals surface area (Å²) in [5.74, 6) is -0.285. The Balaban J connectivity index is 2.20. The number of methoxy groups -OCH3 is 2. The number of Topliss-reactive ketones (excluding diaryl/α,β-unsaturated/α-hetero) is 1. The van der Waals surface area contributed by atoms with Crippen molar-refractivity contribution in [3.05, 3.63) is 71.8 Å². The number of nitrogens with zero attached hydrogens (tertiary/aromatic N) is 1. The lowest BCUT2D eigenvalue weighted by Crippen LogP contribution is -2.30. The van der Waals surface area contributed by atoms with Crippen LogP contribution < -0.4 is 14.2 Å². The Bertz CT molecular complexity index is 1070. The molecule has 1 fully saturated rings. The van der Waals surface area contributed by atoms with Crippen molar-refractivity contribution < 1.29 is 28.9 Å². The number of hydrogen-bond donors (Lipinski definition) is 1. The molecule has 1 unspecified atom stereocenters. The summed E-state index contributed by atoms with van der Waals surface area (Å²) in [6, 6.07) is 11.3. The normalized spacial score (nSPS) is 17.2. The van der Waals surface area contributed by atoms with Gasteiger partial charge >= 0.3 is 0 Å². The zero-order valence-electron chi connectivity index (χ0n) is 19.2. The number of rotatable bonds is 10. The minimum Gasteiger partial charge on any atom is -0.507 e. The van der Waals surface area contributed by atoms with E-state index in [2.05, 4.69) is 6.58 Å². The van der Waals surface area contributed by atoms with Gasteiger partial charge in [0.1, 0.15) is 29.6 Å². The number of carbonyl (C=O) groups is 2. The van der Waals surface area contributed by atoms with Crippen LogP contribution in [0.3, 0.4) is 0 Å². The number of ether oxygens (including phenoxy) is 3. The van der Waals surface area contributed by atoms with Crippen molar-refractivity contribution in [1.29, 1.82) is 0 Å². The van der Waals surface area contributed by atoms with Gasteiger partial charge in [-0.05, 0) is 42.3 Å². The molecule has 0 aromatic heterocycles. The second kappa shape index (κ2) is 10.7. The smallest absolute Gasteiger partial charge is 0.295 e. The quantitative estimate of drug-likeness (QED) is 0.248. The Hall–Kier alpha value is -3.74. The van der Waals surface area contributed by atoms with E-state index in [1.807, 2.05) is 13.0 Å². The van der Waals surface area contributed by atoms with Crippen LogP contribution in [0.1, 0.15) is 36.9 Å². The van der Waals surface area contributed by atoms with Crippen LogP contribution in [0.15, 0.2) is 60.7 Å². The highest BCUT2D eigenvalue weighted by Crippen LogP contribution is 2.42. The van der Waals surface area contributed by atoms with Crippen molar-refractivity contribution in [3.8, 4) is 17.2 Å². The lowest BCUT2D eigenvalue weighted by molar-refractivity contribution is -0.139. The molecule has 0 bridgehead atoms. The number of carbonyl (C=O) groups excluding carboxylic acids is 2. The van der Waals surface area contributed by atoms with Crippen molar-refractivity contribution in [3.63, 3.8) is 0 Å². The molecule has 0 radical (unpaired) electrons. The van der Waals surface area contributed by atoms with E-state index in [4.69, 9.17) is 14.2 Å². The van der Waals surface area contributed by atoms with Crippen LogP contribution in [0.5, 0.6) is 17.2 Å². The molecule has 1 atom stereocenters. The van der Waals surface area contributed by atoms with Gasteiger partial charge in [-0.15, -0.1) is 0 Å². The maximum Gasteiger partial charge on any atom is 0.295 e. The number of aliphatic hydroxyl groups excluding tert-OH is 1. The first kappa shape index (κ1) is 23.9. The van der Waals surface area contributed by atoms with E-state index < -0.39 is 17.7 Å². The predicted molar refractivity (Wildman–Crippen MR) is 126 cm³/mol. The summed E-state index contributed by atoms with van der Waals surface area (Å²) in [6.07, 6.45) is 3.20. The van der Waals surface area contributed by atoms with Gasteiger partial charge in [-0.2, -0.15) is 0 Å². The number of ketones is 1. The molecule has 1 aliphatic rings. The maximum absolute atomic E-state index is 13.2. The molecule has 1 aliphatic heterocycles. The van der Waals surface area contributed by atoms with Gasteiger partial charge in [-0.3, -0.25) is 9.59 Å². The summed E-state index contributed by atoms with van der Waals surface area (Å²) in [5.41, 5.74) is 0.938. The van der Waals surface area contributed by atoms with E-state index in [9.17, 15) is 14.7 Å². The van der Waals surface area contributed by atoms with Crippen molar-refractivity contribution >= 4 is 17.4 Å². The van der Waals surface area contributed by atoms with Crippen molar-refractivity contribution in [1.82, 2.24) is 4.90 Å². The average molecular weight is 452 g/mol. The summed E-state index contributed by atoms with van der Waals surface area (Å²) in [4.78, 5) is 27.7. The van der Waals surface area contributed by atoms with Gasteiger partial charge in [0.05, 0.1) is 31.4 Å². The van der Waals surface area contributed by atoms with Gasteiger partial charge in [0.15, 0.2) is 0 Å². The summed E-state index contributed by atoms with van der Waals surface area (Å²) < 4.78 is 16.3.